The number of nitrogens with zero attached hydrogens (tertiary/aromatic N) is 1. The van der Waals surface area contributed by atoms with Crippen LogP contribution in [0.2, 0.25) is 0 Å². The highest BCUT2D eigenvalue weighted by Crippen LogP contribution is 2.40. The standard InChI is InChI=1S/C18H38N/c1-16(2)18(5)12-8-9-14-19(6,7)15-17(3,4)11-10-13-18/h16H,8-15H2,1-7H3/q+1. The molecule has 0 aliphatic carbocycles. The second kappa shape index (κ2) is 6.16. The number of rotatable bonds is 1. The van der Waals surface area contributed by atoms with Crippen LogP contribution in [0.25, 0.3) is 0 Å². The van der Waals surface area contributed by atoms with Gasteiger partial charge in [-0.2, -0.15) is 0 Å². The molecule has 1 unspecified atom stereocenters. The maximum absolute atomic E-state index is 2.53. The van der Waals surface area contributed by atoms with Gasteiger partial charge in [0, 0.05) is 5.41 Å². The van der Waals surface area contributed by atoms with Crippen LogP contribution in [0.5, 0.6) is 0 Å². The van der Waals surface area contributed by atoms with Crippen molar-refractivity contribution in [2.45, 2.75) is 73.1 Å². The molecular weight excluding hydrogens is 230 g/mol. The Bertz CT molecular complexity index is 277. The lowest BCUT2D eigenvalue weighted by Crippen LogP contribution is -2.46. The van der Waals surface area contributed by atoms with Gasteiger partial charge in [0.05, 0.1) is 27.2 Å². The maximum atomic E-state index is 2.53. The number of quaternary nitrogens is 1. The topological polar surface area (TPSA) is 0 Å². The van der Waals surface area contributed by atoms with E-state index >= 15 is 0 Å². The highest BCUT2D eigenvalue weighted by molar-refractivity contribution is 4.80. The van der Waals surface area contributed by atoms with Crippen molar-refractivity contribution in [1.29, 1.82) is 0 Å². The van der Waals surface area contributed by atoms with E-state index in [0.717, 1.165) is 5.92 Å². The summed E-state index contributed by atoms with van der Waals surface area (Å²) < 4.78 is 1.20. The second-order valence-corrected chi connectivity index (χ2v) is 9.10. The summed E-state index contributed by atoms with van der Waals surface area (Å²) in [5, 5.41) is 0. The quantitative estimate of drug-likeness (QED) is 0.580. The van der Waals surface area contributed by atoms with Gasteiger partial charge in [-0.1, -0.05) is 41.0 Å². The normalized spacial score (nSPS) is 32.8. The minimum absolute atomic E-state index is 0.492. The molecule has 19 heavy (non-hydrogen) atoms. The Hall–Kier alpha value is -0.0400. The summed E-state index contributed by atoms with van der Waals surface area (Å²) in [6.07, 6.45) is 8.44. The molecule has 0 aromatic rings. The summed E-state index contributed by atoms with van der Waals surface area (Å²) in [4.78, 5) is 0. The van der Waals surface area contributed by atoms with Gasteiger partial charge < -0.3 is 4.48 Å². The summed E-state index contributed by atoms with van der Waals surface area (Å²) in [5.41, 5.74) is 1.06. The van der Waals surface area contributed by atoms with E-state index < -0.39 is 0 Å². The van der Waals surface area contributed by atoms with Crippen LogP contribution < -0.4 is 0 Å². The van der Waals surface area contributed by atoms with E-state index in [1.807, 2.05) is 0 Å². The first-order valence-corrected chi connectivity index (χ1v) is 8.38. The highest BCUT2D eigenvalue weighted by Gasteiger charge is 2.33. The Kier molecular flexibility index (Phi) is 5.52. The Labute approximate surface area is 122 Å². The van der Waals surface area contributed by atoms with Crippen LogP contribution in [0.4, 0.5) is 0 Å². The van der Waals surface area contributed by atoms with Crippen LogP contribution in [0.1, 0.15) is 73.1 Å². The molecule has 1 rings (SSSR count). The molecule has 1 aliphatic rings. The average Bonchev–Trinajstić information content (AvgIpc) is 2.23. The zero-order chi connectivity index (χ0) is 14.7. The molecule has 0 amide bonds. The minimum Gasteiger partial charge on any atom is -0.328 e. The third kappa shape index (κ3) is 5.45. The zero-order valence-electron chi connectivity index (χ0n) is 14.7. The van der Waals surface area contributed by atoms with Crippen molar-refractivity contribution in [3.63, 3.8) is 0 Å². The first kappa shape index (κ1) is 17.0. The fourth-order valence-electron chi connectivity index (χ4n) is 4.06. The van der Waals surface area contributed by atoms with Gasteiger partial charge in [-0.05, 0) is 43.4 Å². The van der Waals surface area contributed by atoms with Gasteiger partial charge in [-0.3, -0.25) is 0 Å². The molecule has 0 aromatic carbocycles. The van der Waals surface area contributed by atoms with E-state index in [-0.39, 0.29) is 0 Å². The Morgan fingerprint density at radius 2 is 1.42 bits per heavy atom. The fourth-order valence-corrected chi connectivity index (χ4v) is 4.06. The average molecular weight is 269 g/mol. The SMILES string of the molecule is CC(C)C1(C)CCCC[N+](C)(C)CC(C)(C)CCC1. The van der Waals surface area contributed by atoms with Gasteiger partial charge in [0.15, 0.2) is 0 Å². The summed E-state index contributed by atoms with van der Waals surface area (Å²) in [6, 6.07) is 0. The van der Waals surface area contributed by atoms with E-state index in [0.29, 0.717) is 10.8 Å². The number of hydrogen-bond acceptors (Lipinski definition) is 0. The predicted molar refractivity (Wildman–Crippen MR) is 86.3 cm³/mol. The molecule has 1 aliphatic heterocycles. The Morgan fingerprint density at radius 3 is 2.00 bits per heavy atom. The molecule has 114 valence electrons. The zero-order valence-corrected chi connectivity index (χ0v) is 14.7. The van der Waals surface area contributed by atoms with Crippen LogP contribution in [0.3, 0.4) is 0 Å². The second-order valence-electron chi connectivity index (χ2n) is 9.10. The van der Waals surface area contributed by atoms with Crippen molar-refractivity contribution in [3.8, 4) is 0 Å². The number of hydrogen-bond donors (Lipinski definition) is 0. The molecule has 1 fully saturated rings. The van der Waals surface area contributed by atoms with Crippen LogP contribution in [-0.2, 0) is 0 Å². The Morgan fingerprint density at radius 1 is 0.842 bits per heavy atom. The maximum Gasteiger partial charge on any atom is 0.0834 e. The third-order valence-electron chi connectivity index (χ3n) is 5.61. The van der Waals surface area contributed by atoms with Crippen molar-refractivity contribution in [3.05, 3.63) is 0 Å². The molecule has 1 heteroatoms. The third-order valence-corrected chi connectivity index (χ3v) is 5.61. The first-order chi connectivity index (χ1) is 8.56. The van der Waals surface area contributed by atoms with Gasteiger partial charge in [-0.25, -0.2) is 0 Å². The first-order valence-electron chi connectivity index (χ1n) is 8.38. The summed E-state index contributed by atoms with van der Waals surface area (Å²) >= 11 is 0. The molecule has 0 bridgehead atoms. The lowest BCUT2D eigenvalue weighted by molar-refractivity contribution is -0.896. The molecule has 0 radical (unpaired) electrons. The highest BCUT2D eigenvalue weighted by atomic mass is 15.3. The van der Waals surface area contributed by atoms with E-state index in [1.165, 1.54) is 56.1 Å². The molecule has 0 saturated carbocycles. The van der Waals surface area contributed by atoms with E-state index in [2.05, 4.69) is 48.7 Å². The molecule has 1 nitrogen and oxygen atoms in total. The van der Waals surface area contributed by atoms with Crippen molar-refractivity contribution < 1.29 is 4.48 Å². The summed E-state index contributed by atoms with van der Waals surface area (Å²) in [5.74, 6) is 0.818. The van der Waals surface area contributed by atoms with Crippen LogP contribution >= 0.6 is 0 Å². The van der Waals surface area contributed by atoms with Gasteiger partial charge in [0.1, 0.15) is 0 Å². The Balaban J connectivity index is 2.77. The smallest absolute Gasteiger partial charge is 0.0834 e. The van der Waals surface area contributed by atoms with Crippen LogP contribution in [0.15, 0.2) is 0 Å². The molecule has 0 spiro atoms. The molecular formula is C18H38N+. The van der Waals surface area contributed by atoms with Crippen molar-refractivity contribution >= 4 is 0 Å². The molecule has 1 saturated heterocycles. The molecule has 0 N–H and O–H groups in total. The largest absolute Gasteiger partial charge is 0.328 e. The molecule has 1 atom stereocenters. The predicted octanol–water partition coefficient (Wildman–Crippen LogP) is 5.11. The monoisotopic (exact) mass is 268 g/mol. The minimum atomic E-state index is 0.492. The van der Waals surface area contributed by atoms with Crippen molar-refractivity contribution in [2.24, 2.45) is 16.7 Å². The van der Waals surface area contributed by atoms with E-state index in [9.17, 15) is 0 Å². The van der Waals surface area contributed by atoms with Crippen LogP contribution in [0, 0.1) is 16.7 Å². The van der Waals surface area contributed by atoms with Crippen molar-refractivity contribution in [1.82, 2.24) is 0 Å². The molecule has 0 aromatic heterocycles. The van der Waals surface area contributed by atoms with Crippen molar-refractivity contribution in [2.75, 3.05) is 27.2 Å². The fraction of sp³-hybridized carbons (Fsp3) is 1.00. The van der Waals surface area contributed by atoms with Crippen LogP contribution in [-0.4, -0.2) is 31.7 Å². The van der Waals surface area contributed by atoms with Gasteiger partial charge in [0.25, 0.3) is 0 Å². The lowest BCUT2D eigenvalue weighted by atomic mass is 9.71. The van der Waals surface area contributed by atoms with Gasteiger partial charge >= 0.3 is 0 Å². The van der Waals surface area contributed by atoms with Gasteiger partial charge in [0.2, 0.25) is 0 Å². The van der Waals surface area contributed by atoms with E-state index in [1.54, 1.807) is 0 Å². The summed E-state index contributed by atoms with van der Waals surface area (Å²) in [7, 11) is 4.84. The molecule has 1 heterocycles. The van der Waals surface area contributed by atoms with Gasteiger partial charge in [-0.15, -0.1) is 0 Å². The van der Waals surface area contributed by atoms with E-state index in [4.69, 9.17) is 0 Å². The lowest BCUT2D eigenvalue weighted by Gasteiger charge is -2.37. The summed E-state index contributed by atoms with van der Waals surface area (Å²) in [6.45, 7) is 15.0.